The molecule has 8 heteroatoms. The van der Waals surface area contributed by atoms with Crippen molar-refractivity contribution in [2.75, 3.05) is 6.54 Å². The number of hydrogen-bond acceptors (Lipinski definition) is 5. The Morgan fingerprint density at radius 2 is 2.23 bits per heavy atom. The largest absolute Gasteiger partial charge is 0.350 e. The van der Waals surface area contributed by atoms with E-state index in [9.17, 15) is 14.4 Å². The van der Waals surface area contributed by atoms with Crippen LogP contribution < -0.4 is 16.4 Å². The van der Waals surface area contributed by atoms with Crippen molar-refractivity contribution in [3.05, 3.63) is 62.4 Å². The summed E-state index contributed by atoms with van der Waals surface area (Å²) >= 11 is 1.41. The minimum Gasteiger partial charge on any atom is -0.350 e. The number of fused-ring (bicyclic) bond motifs is 1. The molecule has 0 bridgehead atoms. The fourth-order valence-electron chi connectivity index (χ4n) is 2.03. The third-order valence-corrected chi connectivity index (χ3v) is 3.95. The number of H-pyrrole nitrogens is 1. The van der Waals surface area contributed by atoms with Crippen LogP contribution in [0, 0.1) is 0 Å². The predicted molar refractivity (Wildman–Crippen MR) is 83.3 cm³/mol. The van der Waals surface area contributed by atoms with E-state index in [0.717, 1.165) is 0 Å². The van der Waals surface area contributed by atoms with Crippen LogP contribution in [0.1, 0.15) is 10.4 Å². The number of thiophene rings is 1. The van der Waals surface area contributed by atoms with Gasteiger partial charge in [-0.1, -0.05) is 0 Å². The Hall–Kier alpha value is -2.74. The predicted octanol–water partition coefficient (Wildman–Crippen LogP) is 0.576. The van der Waals surface area contributed by atoms with E-state index in [1.54, 1.807) is 6.07 Å². The molecule has 0 aliphatic rings. The minimum absolute atomic E-state index is 0.128. The fourth-order valence-corrected chi connectivity index (χ4v) is 2.75. The number of nitrogens with one attached hydrogen (secondary N) is 2. The highest BCUT2D eigenvalue weighted by molar-refractivity contribution is 7.16. The monoisotopic (exact) mass is 316 g/mol. The molecule has 0 aliphatic heterocycles. The quantitative estimate of drug-likeness (QED) is 0.735. The maximum absolute atomic E-state index is 12.2. The second kappa shape index (κ2) is 5.94. The lowest BCUT2D eigenvalue weighted by Crippen LogP contribution is -2.31. The van der Waals surface area contributed by atoms with Gasteiger partial charge in [0.05, 0.1) is 11.7 Å². The van der Waals surface area contributed by atoms with Gasteiger partial charge in [0.25, 0.3) is 11.5 Å². The fraction of sp³-hybridized carbons (Fsp3) is 0.143. The van der Waals surface area contributed by atoms with Crippen molar-refractivity contribution in [2.24, 2.45) is 0 Å². The highest BCUT2D eigenvalue weighted by Gasteiger charge is 2.07. The molecule has 22 heavy (non-hydrogen) atoms. The second-order valence-electron chi connectivity index (χ2n) is 4.58. The van der Waals surface area contributed by atoms with Gasteiger partial charge in [0.1, 0.15) is 4.83 Å². The van der Waals surface area contributed by atoms with Gasteiger partial charge in [0.2, 0.25) is 5.56 Å². The number of hydrogen-bond donors (Lipinski definition) is 2. The lowest BCUT2D eigenvalue weighted by Gasteiger charge is -2.07. The van der Waals surface area contributed by atoms with Crippen LogP contribution in [-0.4, -0.2) is 27.0 Å². The van der Waals surface area contributed by atoms with E-state index in [-0.39, 0.29) is 29.1 Å². The van der Waals surface area contributed by atoms with Gasteiger partial charge >= 0.3 is 0 Å². The normalized spacial score (nSPS) is 10.7. The highest BCUT2D eigenvalue weighted by atomic mass is 32.1. The van der Waals surface area contributed by atoms with E-state index in [1.807, 2.05) is 5.38 Å². The molecule has 0 unspecified atom stereocenters. The molecule has 2 N–H and O–H groups in total. The van der Waals surface area contributed by atoms with E-state index in [1.165, 1.54) is 40.6 Å². The highest BCUT2D eigenvalue weighted by Crippen LogP contribution is 2.12. The lowest BCUT2D eigenvalue weighted by atomic mass is 10.2. The smallest absolute Gasteiger partial charge is 0.262 e. The summed E-state index contributed by atoms with van der Waals surface area (Å²) < 4.78 is 1.45. The molecule has 0 atom stereocenters. The number of pyridine rings is 1. The van der Waals surface area contributed by atoms with Gasteiger partial charge in [-0.15, -0.1) is 11.3 Å². The van der Waals surface area contributed by atoms with E-state index in [0.29, 0.717) is 16.8 Å². The van der Waals surface area contributed by atoms with Gasteiger partial charge < -0.3 is 10.3 Å². The van der Waals surface area contributed by atoms with Crippen molar-refractivity contribution in [3.63, 3.8) is 0 Å². The molecule has 0 aliphatic carbocycles. The van der Waals surface area contributed by atoms with Gasteiger partial charge in [-0.2, -0.15) is 0 Å². The van der Waals surface area contributed by atoms with Crippen molar-refractivity contribution >= 4 is 27.5 Å². The maximum Gasteiger partial charge on any atom is 0.262 e. The van der Waals surface area contributed by atoms with Gasteiger partial charge in [0, 0.05) is 30.9 Å². The Bertz CT molecular complexity index is 941. The summed E-state index contributed by atoms with van der Waals surface area (Å²) in [7, 11) is 0. The van der Waals surface area contributed by atoms with Crippen molar-refractivity contribution < 1.29 is 4.79 Å². The van der Waals surface area contributed by atoms with Crippen LogP contribution in [0.3, 0.4) is 0 Å². The Morgan fingerprint density at radius 3 is 3.05 bits per heavy atom. The minimum atomic E-state index is -0.358. The van der Waals surface area contributed by atoms with Gasteiger partial charge in [-0.3, -0.25) is 19.0 Å². The average molecular weight is 316 g/mol. The topological polar surface area (TPSA) is 96.8 Å². The Kier molecular flexibility index (Phi) is 3.84. The summed E-state index contributed by atoms with van der Waals surface area (Å²) in [5.74, 6) is -0.358. The first-order valence-corrected chi connectivity index (χ1v) is 7.43. The van der Waals surface area contributed by atoms with Crippen LogP contribution in [-0.2, 0) is 6.54 Å². The summed E-state index contributed by atoms with van der Waals surface area (Å²) in [6.07, 6.45) is 2.89. The molecule has 0 fully saturated rings. The summed E-state index contributed by atoms with van der Waals surface area (Å²) in [6, 6.07) is 4.48. The number of amides is 1. The molecule has 0 radical (unpaired) electrons. The van der Waals surface area contributed by atoms with E-state index < -0.39 is 0 Å². The Labute approximate surface area is 128 Å². The first-order valence-electron chi connectivity index (χ1n) is 6.55. The molecule has 0 saturated carbocycles. The first-order chi connectivity index (χ1) is 10.6. The van der Waals surface area contributed by atoms with Crippen LogP contribution in [0.15, 0.2) is 45.7 Å². The number of aromatic nitrogens is 3. The van der Waals surface area contributed by atoms with Crippen molar-refractivity contribution in [2.45, 2.75) is 6.54 Å². The molecule has 0 saturated heterocycles. The molecule has 1 amide bonds. The van der Waals surface area contributed by atoms with Crippen LogP contribution in [0.4, 0.5) is 0 Å². The number of carbonyl (C=O) groups excluding carboxylic acids is 1. The van der Waals surface area contributed by atoms with E-state index in [2.05, 4.69) is 15.3 Å². The van der Waals surface area contributed by atoms with Gasteiger partial charge in [0.15, 0.2) is 0 Å². The van der Waals surface area contributed by atoms with Crippen LogP contribution in [0.5, 0.6) is 0 Å². The maximum atomic E-state index is 12.2. The molecule has 0 spiro atoms. The average Bonchev–Trinajstić information content (AvgIpc) is 2.99. The zero-order chi connectivity index (χ0) is 15.5. The third-order valence-electron chi connectivity index (χ3n) is 3.13. The molecular formula is C14H12N4O3S. The van der Waals surface area contributed by atoms with Crippen LogP contribution >= 0.6 is 11.3 Å². The molecule has 3 rings (SSSR count). The SMILES string of the molecule is O=C(NCCn1cnc2sccc2c1=O)c1cc[nH]c(=O)c1. The Morgan fingerprint density at radius 1 is 1.36 bits per heavy atom. The molecule has 3 aromatic heterocycles. The van der Waals surface area contributed by atoms with Gasteiger partial charge in [-0.05, 0) is 17.5 Å². The standard InChI is InChI=1S/C14H12N4O3S/c19-11-7-9(1-3-15-11)12(20)16-4-5-18-8-17-13-10(14(18)21)2-6-22-13/h1-3,6-8H,4-5H2,(H,15,19)(H,16,20). The number of aromatic amines is 1. The molecule has 3 aromatic rings. The Balaban J connectivity index is 1.67. The molecule has 3 heterocycles. The first kappa shape index (κ1) is 14.2. The van der Waals surface area contributed by atoms with Crippen molar-refractivity contribution in [1.82, 2.24) is 19.9 Å². The third kappa shape index (κ3) is 2.82. The van der Waals surface area contributed by atoms with E-state index >= 15 is 0 Å². The van der Waals surface area contributed by atoms with Crippen molar-refractivity contribution in [3.8, 4) is 0 Å². The zero-order valence-electron chi connectivity index (χ0n) is 11.4. The van der Waals surface area contributed by atoms with Crippen LogP contribution in [0.2, 0.25) is 0 Å². The van der Waals surface area contributed by atoms with Crippen LogP contribution in [0.25, 0.3) is 10.2 Å². The molecular weight excluding hydrogens is 304 g/mol. The summed E-state index contributed by atoms with van der Waals surface area (Å²) in [5.41, 5.74) is -0.185. The molecule has 0 aromatic carbocycles. The number of rotatable bonds is 4. The molecule has 7 nitrogen and oxygen atoms in total. The van der Waals surface area contributed by atoms with E-state index in [4.69, 9.17) is 0 Å². The summed E-state index contributed by atoms with van der Waals surface area (Å²) in [4.78, 5) is 42.5. The van der Waals surface area contributed by atoms with Crippen molar-refractivity contribution in [1.29, 1.82) is 0 Å². The lowest BCUT2D eigenvalue weighted by molar-refractivity contribution is 0.0952. The van der Waals surface area contributed by atoms with Gasteiger partial charge in [-0.25, -0.2) is 4.98 Å². The summed E-state index contributed by atoms with van der Waals surface area (Å²) in [5, 5.41) is 5.06. The number of carbonyl (C=O) groups is 1. The zero-order valence-corrected chi connectivity index (χ0v) is 12.2. The number of nitrogens with zero attached hydrogens (tertiary/aromatic N) is 2. The summed E-state index contributed by atoms with van der Waals surface area (Å²) in [6.45, 7) is 0.579. The molecule has 112 valence electrons. The second-order valence-corrected chi connectivity index (χ2v) is 5.47.